The predicted octanol–water partition coefficient (Wildman–Crippen LogP) is -0.568. The number of aliphatic hydroxyl groups excluding tert-OH is 2. The van der Waals surface area contributed by atoms with Crippen molar-refractivity contribution in [1.29, 1.82) is 0 Å². The Bertz CT molecular complexity index is 566. The van der Waals surface area contributed by atoms with Crippen LogP contribution < -0.4 is 11.4 Å². The van der Waals surface area contributed by atoms with E-state index >= 15 is 0 Å². The summed E-state index contributed by atoms with van der Waals surface area (Å²) >= 11 is 11.7. The topological polar surface area (TPSA) is 111 Å². The fourth-order valence-corrected chi connectivity index (χ4v) is 2.66. The van der Waals surface area contributed by atoms with Gasteiger partial charge in [0.05, 0.1) is 18.7 Å². The van der Waals surface area contributed by atoms with Crippen LogP contribution in [0.25, 0.3) is 0 Å². The molecule has 0 aliphatic carbocycles. The van der Waals surface area contributed by atoms with Crippen molar-refractivity contribution in [3.63, 3.8) is 0 Å². The van der Waals surface area contributed by atoms with E-state index in [0.29, 0.717) is 0 Å². The predicted molar refractivity (Wildman–Crippen MR) is 69.2 cm³/mol. The highest BCUT2D eigenvalue weighted by atomic mass is 35.5. The maximum absolute atomic E-state index is 13.4. The van der Waals surface area contributed by atoms with Crippen LogP contribution in [0.4, 0.5) is 10.2 Å². The molecule has 0 saturated carbocycles. The standard InChI is InChI=1S/C10H12Cl2FN3O4/c11-2-10(3-17)6(18)5(12)8(20-10)16-1-4(13)7(14)15-9(16)19/h1,5-6,8,17-18H,2-3H2,(H2,14,15,19)/t5-,6+,8?,10-/m1/s1. The first-order valence-electron chi connectivity index (χ1n) is 5.57. The molecule has 10 heteroatoms. The molecule has 0 bridgehead atoms. The lowest BCUT2D eigenvalue weighted by molar-refractivity contribution is -0.114. The number of nitrogens with two attached hydrogens (primary N) is 1. The number of hydrogen-bond acceptors (Lipinski definition) is 6. The van der Waals surface area contributed by atoms with E-state index in [0.717, 1.165) is 10.8 Å². The van der Waals surface area contributed by atoms with Crippen LogP contribution in [0, 0.1) is 5.82 Å². The van der Waals surface area contributed by atoms with E-state index in [1.807, 2.05) is 0 Å². The van der Waals surface area contributed by atoms with Crippen LogP contribution in [0.15, 0.2) is 11.0 Å². The molecule has 1 aliphatic heterocycles. The van der Waals surface area contributed by atoms with Gasteiger partial charge in [-0.05, 0) is 0 Å². The number of halogens is 3. The molecule has 4 atom stereocenters. The molecule has 1 fully saturated rings. The number of ether oxygens (including phenoxy) is 1. The maximum atomic E-state index is 13.4. The smallest absolute Gasteiger partial charge is 0.351 e. The van der Waals surface area contributed by atoms with Crippen molar-refractivity contribution in [2.45, 2.75) is 23.3 Å². The van der Waals surface area contributed by atoms with E-state index in [4.69, 9.17) is 33.7 Å². The Hall–Kier alpha value is -0.930. The van der Waals surface area contributed by atoms with Gasteiger partial charge in [-0.3, -0.25) is 4.57 Å². The molecule has 1 aliphatic rings. The molecule has 112 valence electrons. The second-order valence-corrected chi connectivity index (χ2v) is 5.19. The van der Waals surface area contributed by atoms with Gasteiger partial charge in [0, 0.05) is 0 Å². The highest BCUT2D eigenvalue weighted by molar-refractivity contribution is 6.22. The van der Waals surface area contributed by atoms with Crippen LogP contribution in [0.1, 0.15) is 6.23 Å². The van der Waals surface area contributed by atoms with E-state index < -0.39 is 47.2 Å². The summed E-state index contributed by atoms with van der Waals surface area (Å²) in [6.45, 7) is -0.614. The summed E-state index contributed by atoms with van der Waals surface area (Å²) in [6.07, 6.45) is -1.80. The lowest BCUT2D eigenvalue weighted by Gasteiger charge is -2.27. The summed E-state index contributed by atoms with van der Waals surface area (Å²) in [5.41, 5.74) is 2.75. The van der Waals surface area contributed by atoms with Gasteiger partial charge >= 0.3 is 5.69 Å². The fraction of sp³-hybridized carbons (Fsp3) is 0.600. The molecule has 1 unspecified atom stereocenters. The Kier molecular flexibility index (Phi) is 4.22. The average Bonchev–Trinajstić information content (AvgIpc) is 2.68. The van der Waals surface area contributed by atoms with Crippen molar-refractivity contribution in [1.82, 2.24) is 9.55 Å². The Balaban J connectivity index is 2.45. The Morgan fingerprint density at radius 2 is 2.30 bits per heavy atom. The minimum atomic E-state index is -1.53. The van der Waals surface area contributed by atoms with E-state index in [9.17, 15) is 19.4 Å². The van der Waals surface area contributed by atoms with Crippen molar-refractivity contribution in [3.8, 4) is 0 Å². The second kappa shape index (κ2) is 5.45. The van der Waals surface area contributed by atoms with Gasteiger partial charge in [-0.2, -0.15) is 4.98 Å². The molecule has 1 aromatic rings. The first-order chi connectivity index (χ1) is 9.36. The molecule has 0 radical (unpaired) electrons. The van der Waals surface area contributed by atoms with Gasteiger partial charge in [0.1, 0.15) is 17.1 Å². The first kappa shape index (κ1) is 15.5. The Morgan fingerprint density at radius 1 is 1.65 bits per heavy atom. The molecule has 0 spiro atoms. The third-order valence-electron chi connectivity index (χ3n) is 3.17. The number of alkyl halides is 2. The number of rotatable bonds is 3. The van der Waals surface area contributed by atoms with Gasteiger partial charge in [-0.1, -0.05) is 0 Å². The van der Waals surface area contributed by atoms with Crippen molar-refractivity contribution in [3.05, 3.63) is 22.5 Å². The van der Waals surface area contributed by atoms with Crippen molar-refractivity contribution >= 4 is 29.0 Å². The second-order valence-electron chi connectivity index (χ2n) is 4.42. The van der Waals surface area contributed by atoms with Gasteiger partial charge in [-0.25, -0.2) is 9.18 Å². The monoisotopic (exact) mass is 327 g/mol. The van der Waals surface area contributed by atoms with Gasteiger partial charge in [0.2, 0.25) is 0 Å². The highest BCUT2D eigenvalue weighted by Crippen LogP contribution is 2.40. The largest absolute Gasteiger partial charge is 0.393 e. The molecule has 2 rings (SSSR count). The van der Waals surface area contributed by atoms with Crippen molar-refractivity contribution in [2.24, 2.45) is 0 Å². The Morgan fingerprint density at radius 3 is 2.80 bits per heavy atom. The molecule has 2 heterocycles. The summed E-state index contributed by atoms with van der Waals surface area (Å²) < 4.78 is 19.6. The summed E-state index contributed by atoms with van der Waals surface area (Å²) in [4.78, 5) is 15.0. The summed E-state index contributed by atoms with van der Waals surface area (Å²) in [6, 6.07) is 0. The molecule has 1 aromatic heterocycles. The van der Waals surface area contributed by atoms with E-state index in [2.05, 4.69) is 4.98 Å². The first-order valence-corrected chi connectivity index (χ1v) is 6.54. The lowest BCUT2D eigenvalue weighted by Crippen LogP contribution is -2.47. The molecular formula is C10H12Cl2FN3O4. The molecular weight excluding hydrogens is 316 g/mol. The third kappa shape index (κ3) is 2.27. The van der Waals surface area contributed by atoms with Crippen LogP contribution in [0.5, 0.6) is 0 Å². The average molecular weight is 328 g/mol. The molecule has 0 aromatic carbocycles. The number of aliphatic hydroxyl groups is 2. The third-order valence-corrected chi connectivity index (χ3v) is 4.08. The van der Waals surface area contributed by atoms with Gasteiger partial charge in [0.15, 0.2) is 17.9 Å². The lowest BCUT2D eigenvalue weighted by atomic mass is 10.00. The van der Waals surface area contributed by atoms with Crippen molar-refractivity contribution in [2.75, 3.05) is 18.2 Å². The maximum Gasteiger partial charge on any atom is 0.351 e. The number of hydrogen-bond donors (Lipinski definition) is 3. The molecule has 4 N–H and O–H groups in total. The van der Waals surface area contributed by atoms with Gasteiger partial charge < -0.3 is 20.7 Å². The van der Waals surface area contributed by atoms with E-state index in [-0.39, 0.29) is 5.88 Å². The van der Waals surface area contributed by atoms with Gasteiger partial charge in [-0.15, -0.1) is 23.2 Å². The van der Waals surface area contributed by atoms with E-state index in [1.54, 1.807) is 0 Å². The minimum absolute atomic E-state index is 0.260. The van der Waals surface area contributed by atoms with Crippen LogP contribution in [0.3, 0.4) is 0 Å². The molecule has 0 amide bonds. The fourth-order valence-electron chi connectivity index (χ4n) is 1.96. The van der Waals surface area contributed by atoms with Crippen LogP contribution in [-0.4, -0.2) is 49.3 Å². The summed E-state index contributed by atoms with van der Waals surface area (Å²) in [5.74, 6) is -1.75. The van der Waals surface area contributed by atoms with Crippen molar-refractivity contribution < 1.29 is 19.3 Å². The van der Waals surface area contributed by atoms with Crippen LogP contribution >= 0.6 is 23.2 Å². The molecule has 7 nitrogen and oxygen atoms in total. The number of anilines is 1. The minimum Gasteiger partial charge on any atom is -0.393 e. The SMILES string of the molecule is Nc1nc(=O)n(C2O[C@@](CO)(CCl)[C@@H](O)[C@H]2Cl)cc1F. The zero-order valence-corrected chi connectivity index (χ0v) is 11.6. The quantitative estimate of drug-likeness (QED) is 0.641. The Labute approximate surface area is 122 Å². The number of aromatic nitrogens is 2. The summed E-state index contributed by atoms with van der Waals surface area (Å²) in [5, 5.41) is 18.2. The zero-order valence-electron chi connectivity index (χ0n) is 10.0. The van der Waals surface area contributed by atoms with Crippen LogP contribution in [0.2, 0.25) is 0 Å². The zero-order chi connectivity index (χ0) is 15.1. The number of nitrogen functional groups attached to an aromatic ring is 1. The van der Waals surface area contributed by atoms with Gasteiger partial charge in [0.25, 0.3) is 0 Å². The number of nitrogens with zero attached hydrogens (tertiary/aromatic N) is 2. The highest BCUT2D eigenvalue weighted by Gasteiger charge is 2.54. The molecule has 20 heavy (non-hydrogen) atoms. The summed E-state index contributed by atoms with van der Waals surface area (Å²) in [7, 11) is 0. The normalized spacial score (nSPS) is 33.5. The van der Waals surface area contributed by atoms with E-state index in [1.165, 1.54) is 0 Å². The molecule has 1 saturated heterocycles. The van der Waals surface area contributed by atoms with Crippen LogP contribution in [-0.2, 0) is 4.74 Å².